The van der Waals surface area contributed by atoms with E-state index in [0.29, 0.717) is 6.42 Å². The van der Waals surface area contributed by atoms with Gasteiger partial charge in [0, 0.05) is 0 Å². The van der Waals surface area contributed by atoms with Gasteiger partial charge in [0.1, 0.15) is 0 Å². The van der Waals surface area contributed by atoms with Gasteiger partial charge in [-0.05, 0) is 33.1 Å². The number of esters is 1. The molecule has 2 rings (SSSR count). The van der Waals surface area contributed by atoms with E-state index in [2.05, 4.69) is 9.97 Å². The van der Waals surface area contributed by atoms with Gasteiger partial charge in [-0.2, -0.15) is 9.97 Å². The number of rotatable bonds is 5. The second-order valence-electron chi connectivity index (χ2n) is 5.75. The Morgan fingerprint density at radius 2 is 1.83 bits per heavy atom. The molecule has 1 aliphatic rings. The highest BCUT2D eigenvalue weighted by atomic mass is 19.1. The summed E-state index contributed by atoms with van der Waals surface area (Å²) >= 11 is 0. The van der Waals surface area contributed by atoms with E-state index in [4.69, 9.17) is 14.2 Å². The summed E-state index contributed by atoms with van der Waals surface area (Å²) in [6.07, 6.45) is -0.380. The van der Waals surface area contributed by atoms with E-state index in [-0.39, 0.29) is 30.4 Å². The van der Waals surface area contributed by atoms with Crippen LogP contribution in [0.2, 0.25) is 0 Å². The quantitative estimate of drug-likeness (QED) is 0.820. The molecule has 0 aromatic carbocycles. The van der Waals surface area contributed by atoms with E-state index < -0.39 is 23.3 Å². The third kappa shape index (κ3) is 2.95. The molecule has 1 saturated carbocycles. The Balaban J connectivity index is 2.48. The van der Waals surface area contributed by atoms with Crippen molar-refractivity contribution in [3.05, 3.63) is 11.9 Å². The molecule has 1 heterocycles. The number of hydrogen-bond acceptors (Lipinski definition) is 7. The number of nitrogens with zero attached hydrogens (tertiary/aromatic N) is 2. The highest BCUT2D eigenvalue weighted by Crippen LogP contribution is 2.49. The van der Waals surface area contributed by atoms with Gasteiger partial charge in [-0.15, -0.1) is 0 Å². The fourth-order valence-corrected chi connectivity index (χ4v) is 2.66. The molecule has 1 aliphatic carbocycles. The molecule has 1 aromatic rings. The van der Waals surface area contributed by atoms with Crippen LogP contribution in [0.1, 0.15) is 38.9 Å². The minimum atomic E-state index is -2.62. The molecule has 1 aromatic heterocycles. The van der Waals surface area contributed by atoms with Crippen LogP contribution in [0.4, 0.5) is 4.39 Å². The van der Waals surface area contributed by atoms with E-state index in [1.807, 2.05) is 0 Å². The Hall–Kier alpha value is -1.96. The lowest BCUT2D eigenvalue weighted by Gasteiger charge is -2.33. The Bertz CT molecular complexity index is 575. The van der Waals surface area contributed by atoms with E-state index in [0.717, 1.165) is 0 Å². The Morgan fingerprint density at radius 3 is 2.30 bits per heavy atom. The number of alkyl halides is 1. The van der Waals surface area contributed by atoms with Gasteiger partial charge in [0.05, 0.1) is 26.4 Å². The second kappa shape index (κ2) is 6.27. The molecule has 0 aliphatic heterocycles. The van der Waals surface area contributed by atoms with Crippen molar-refractivity contribution in [1.82, 2.24) is 9.97 Å². The van der Waals surface area contributed by atoms with Crippen molar-refractivity contribution < 1.29 is 28.5 Å². The fraction of sp³-hybridized carbons (Fsp3) is 0.667. The average molecular weight is 328 g/mol. The van der Waals surface area contributed by atoms with Crippen LogP contribution < -0.4 is 9.47 Å². The van der Waals surface area contributed by atoms with Crippen LogP contribution in [-0.4, -0.2) is 47.0 Å². The van der Waals surface area contributed by atoms with Crippen LogP contribution in [0.5, 0.6) is 11.8 Å². The van der Waals surface area contributed by atoms with E-state index in [1.165, 1.54) is 20.3 Å². The molecule has 2 unspecified atom stereocenters. The minimum absolute atomic E-state index is 0.00693. The van der Waals surface area contributed by atoms with Gasteiger partial charge in [-0.1, -0.05) is 0 Å². The molecule has 1 fully saturated rings. The van der Waals surface area contributed by atoms with Crippen molar-refractivity contribution in [2.24, 2.45) is 0 Å². The van der Waals surface area contributed by atoms with Crippen molar-refractivity contribution in [3.8, 4) is 11.8 Å². The summed E-state index contributed by atoms with van der Waals surface area (Å²) in [6.45, 7) is 3.22. The number of ether oxygens (including phenoxy) is 3. The fourth-order valence-electron chi connectivity index (χ4n) is 2.66. The number of carbonyl (C=O) groups is 1. The number of methoxy groups -OCH3 is 2. The molecule has 23 heavy (non-hydrogen) atoms. The zero-order chi connectivity index (χ0) is 17.3. The lowest BCUT2D eigenvalue weighted by molar-refractivity contribution is -0.182. The summed E-state index contributed by atoms with van der Waals surface area (Å²) in [5.41, 5.74) is -4.81. The van der Waals surface area contributed by atoms with Gasteiger partial charge in [-0.25, -0.2) is 9.18 Å². The first kappa shape index (κ1) is 17.4. The monoisotopic (exact) mass is 328 g/mol. The lowest BCUT2D eigenvalue weighted by atomic mass is 9.86. The summed E-state index contributed by atoms with van der Waals surface area (Å²) in [5, 5.41) is 10.9. The first-order valence-electron chi connectivity index (χ1n) is 7.36. The van der Waals surface area contributed by atoms with Crippen LogP contribution in [0.3, 0.4) is 0 Å². The zero-order valence-corrected chi connectivity index (χ0v) is 13.6. The number of halogens is 1. The van der Waals surface area contributed by atoms with Crippen LogP contribution in [0.15, 0.2) is 6.07 Å². The summed E-state index contributed by atoms with van der Waals surface area (Å²) < 4.78 is 30.4. The Morgan fingerprint density at radius 1 is 1.26 bits per heavy atom. The van der Waals surface area contributed by atoms with Crippen LogP contribution in [-0.2, 0) is 15.1 Å². The molecule has 0 radical (unpaired) electrons. The summed E-state index contributed by atoms with van der Waals surface area (Å²) in [6, 6.07) is 1.40. The third-order valence-electron chi connectivity index (χ3n) is 3.85. The predicted molar refractivity (Wildman–Crippen MR) is 78.0 cm³/mol. The van der Waals surface area contributed by atoms with Gasteiger partial charge >= 0.3 is 5.97 Å². The van der Waals surface area contributed by atoms with Crippen LogP contribution >= 0.6 is 0 Å². The molecule has 7 nitrogen and oxygen atoms in total. The van der Waals surface area contributed by atoms with Crippen molar-refractivity contribution in [2.45, 2.75) is 50.5 Å². The molecular weight excluding hydrogens is 307 g/mol. The summed E-state index contributed by atoms with van der Waals surface area (Å²) in [4.78, 5) is 20.2. The normalized spacial score (nSPS) is 27.1. The van der Waals surface area contributed by atoms with Gasteiger partial charge in [-0.3, -0.25) is 0 Å². The maximum Gasteiger partial charge on any atom is 0.347 e. The molecule has 0 bridgehead atoms. The van der Waals surface area contributed by atoms with Gasteiger partial charge < -0.3 is 19.3 Å². The predicted octanol–water partition coefficient (Wildman–Crippen LogP) is 1.53. The largest absolute Gasteiger partial charge is 0.481 e. The Labute approximate surface area is 133 Å². The molecule has 2 atom stereocenters. The maximum atomic E-state index is 15.4. The van der Waals surface area contributed by atoms with E-state index >= 15 is 4.39 Å². The molecule has 0 spiro atoms. The standard InChI is InChI=1S/C15H21FN2O5/c1-9(2)23-13(19)14(16)6-5-7-15(14,20)12-17-10(21-3)8-11(18-12)22-4/h8-9,20H,5-7H2,1-4H3. The van der Waals surface area contributed by atoms with Crippen LogP contribution in [0, 0.1) is 0 Å². The van der Waals surface area contributed by atoms with E-state index in [1.54, 1.807) is 13.8 Å². The molecular formula is C15H21FN2O5. The van der Waals surface area contributed by atoms with Gasteiger partial charge in [0.2, 0.25) is 17.4 Å². The molecule has 1 N–H and O–H groups in total. The SMILES string of the molecule is COc1cc(OC)nc(C2(O)CCCC2(F)C(=O)OC(C)C)n1. The third-order valence-corrected chi connectivity index (χ3v) is 3.85. The van der Waals surface area contributed by atoms with Crippen molar-refractivity contribution in [2.75, 3.05) is 14.2 Å². The van der Waals surface area contributed by atoms with Crippen molar-refractivity contribution in [3.63, 3.8) is 0 Å². The summed E-state index contributed by atoms with van der Waals surface area (Å²) in [7, 11) is 2.75. The molecule has 0 amide bonds. The first-order chi connectivity index (χ1) is 10.8. The van der Waals surface area contributed by atoms with E-state index in [9.17, 15) is 9.90 Å². The lowest BCUT2D eigenvalue weighted by Crippen LogP contribution is -2.52. The highest BCUT2D eigenvalue weighted by Gasteiger charge is 2.64. The number of aliphatic hydroxyl groups is 1. The zero-order valence-electron chi connectivity index (χ0n) is 13.6. The first-order valence-corrected chi connectivity index (χ1v) is 7.36. The van der Waals surface area contributed by atoms with Crippen molar-refractivity contribution >= 4 is 5.97 Å². The smallest absolute Gasteiger partial charge is 0.347 e. The second-order valence-corrected chi connectivity index (χ2v) is 5.75. The molecule has 128 valence electrons. The van der Waals surface area contributed by atoms with Crippen LogP contribution in [0.25, 0.3) is 0 Å². The molecule has 8 heteroatoms. The number of aromatic nitrogens is 2. The topological polar surface area (TPSA) is 90.8 Å². The maximum absolute atomic E-state index is 15.4. The minimum Gasteiger partial charge on any atom is -0.481 e. The molecule has 0 saturated heterocycles. The highest BCUT2D eigenvalue weighted by molar-refractivity contribution is 5.82. The van der Waals surface area contributed by atoms with Crippen molar-refractivity contribution in [1.29, 1.82) is 0 Å². The number of carbonyl (C=O) groups excluding carboxylic acids is 1. The number of hydrogen-bond donors (Lipinski definition) is 1. The van der Waals surface area contributed by atoms with Gasteiger partial charge in [0.15, 0.2) is 11.4 Å². The van der Waals surface area contributed by atoms with Gasteiger partial charge in [0.25, 0.3) is 0 Å². The summed E-state index contributed by atoms with van der Waals surface area (Å²) in [5.74, 6) is -1.16. The average Bonchev–Trinajstić information content (AvgIpc) is 2.84. The Kier molecular flexibility index (Phi) is 4.74.